The smallest absolute Gasteiger partial charge is 0.306 e. The van der Waals surface area contributed by atoms with Crippen LogP contribution in [0.15, 0.2) is 65.7 Å². The molecule has 380 valence electrons. The zero-order valence-corrected chi connectivity index (χ0v) is 43.9. The Kier molecular flexibility index (Phi) is 27.1. The molecule has 6 atom stereocenters. The number of hydrogen-bond acceptors (Lipinski definition) is 8. The third kappa shape index (κ3) is 20.9. The molecule has 3 rings (SSSR count). The Morgan fingerprint density at radius 2 is 1.33 bits per heavy atom. The molecule has 3 aromatic carbocycles. The number of phenolic OH excluding ortho intramolecular Hbond substituents is 1. The third-order valence-corrected chi connectivity index (χ3v) is 14.7. The van der Waals surface area contributed by atoms with Gasteiger partial charge in [-0.1, -0.05) is 159 Å². The summed E-state index contributed by atoms with van der Waals surface area (Å²) in [6.07, 6.45) is 16.0. The first-order valence-corrected chi connectivity index (χ1v) is 26.8. The second-order valence-corrected chi connectivity index (χ2v) is 20.3. The summed E-state index contributed by atoms with van der Waals surface area (Å²) in [4.78, 5) is 70.5. The molecule has 0 heterocycles. The Morgan fingerprint density at radius 3 is 1.94 bits per heavy atom. The molecule has 0 radical (unpaired) electrons. The summed E-state index contributed by atoms with van der Waals surface area (Å²) in [7, 11) is 0. The predicted octanol–water partition coefficient (Wildman–Crippen LogP) is 12.2. The standard InChI is InChI=1S/C57H84N4O7S/c1-10-13-15-16-17-18-19-20-21-25-33-69-54(57(67)61-48-34-40(5)53(64)42(7)41(48)6)47-31-29-46(30-32-47)35-44(12-3)37-52(63)68-50(39(4)26-14-11-2)38-51(62)60-49(36-45-27-23-22-24-28-45)56(66)59-43(8)55(65)58-9/h22-24,27-32,34,39,43-44,49-50,54,64H,9-21,25-26,33,35-38H2,1-8H3,(H,59,66)(H,60,62)(H,61,67). The molecule has 0 aliphatic carbocycles. The summed E-state index contributed by atoms with van der Waals surface area (Å²) in [5.74, 6) is -1.04. The molecule has 0 saturated heterocycles. The van der Waals surface area contributed by atoms with Gasteiger partial charge in [-0.05, 0) is 111 Å². The van der Waals surface area contributed by atoms with Crippen molar-refractivity contribution in [3.63, 3.8) is 0 Å². The van der Waals surface area contributed by atoms with E-state index in [1.54, 1.807) is 11.8 Å². The van der Waals surface area contributed by atoms with E-state index in [0.29, 0.717) is 17.7 Å². The van der Waals surface area contributed by atoms with Crippen LogP contribution in [-0.2, 0) is 41.6 Å². The molecular weight excluding hydrogens is 885 g/mol. The average Bonchev–Trinajstić information content (AvgIpc) is 3.34. The molecule has 0 aliphatic rings. The molecule has 6 unspecified atom stereocenters. The number of carbonyl (C=O) groups is 5. The van der Waals surface area contributed by atoms with Crippen LogP contribution >= 0.6 is 11.8 Å². The van der Waals surface area contributed by atoms with Gasteiger partial charge in [0.25, 0.3) is 5.91 Å². The quantitative estimate of drug-likeness (QED) is 0.0203. The Hall–Kier alpha value is -4.97. The number of nitrogens with zero attached hydrogens (tertiary/aromatic N) is 1. The van der Waals surface area contributed by atoms with E-state index in [9.17, 15) is 29.1 Å². The first-order valence-electron chi connectivity index (χ1n) is 25.8. The number of ether oxygens (including phenoxy) is 1. The number of anilines is 1. The van der Waals surface area contributed by atoms with E-state index in [1.807, 2.05) is 76.2 Å². The minimum atomic E-state index is -0.983. The first kappa shape index (κ1) is 58.3. The van der Waals surface area contributed by atoms with Crippen molar-refractivity contribution in [2.45, 2.75) is 194 Å². The Balaban J connectivity index is 1.70. The zero-order valence-electron chi connectivity index (χ0n) is 43.1. The molecule has 0 spiro atoms. The van der Waals surface area contributed by atoms with Gasteiger partial charge in [-0.3, -0.25) is 24.0 Å². The van der Waals surface area contributed by atoms with Crippen molar-refractivity contribution >= 4 is 53.8 Å². The molecule has 0 fully saturated rings. The van der Waals surface area contributed by atoms with Crippen LogP contribution in [0.3, 0.4) is 0 Å². The fourth-order valence-corrected chi connectivity index (χ4v) is 9.73. The lowest BCUT2D eigenvalue weighted by molar-refractivity contribution is -0.154. The number of amides is 4. The van der Waals surface area contributed by atoms with Gasteiger partial charge >= 0.3 is 5.97 Å². The number of carbonyl (C=O) groups excluding carboxylic acids is 5. The molecule has 4 N–H and O–H groups in total. The van der Waals surface area contributed by atoms with Crippen molar-refractivity contribution in [1.82, 2.24) is 10.6 Å². The summed E-state index contributed by atoms with van der Waals surface area (Å²) in [5, 5.41) is 18.8. The van der Waals surface area contributed by atoms with Crippen LogP contribution < -0.4 is 16.0 Å². The van der Waals surface area contributed by atoms with Gasteiger partial charge < -0.3 is 25.8 Å². The second kappa shape index (κ2) is 32.0. The molecule has 0 bridgehead atoms. The van der Waals surface area contributed by atoms with Gasteiger partial charge in [-0.25, -0.2) is 4.99 Å². The van der Waals surface area contributed by atoms with Gasteiger partial charge in [0.2, 0.25) is 17.7 Å². The molecule has 4 amide bonds. The molecule has 3 aromatic rings. The summed E-state index contributed by atoms with van der Waals surface area (Å²) < 4.78 is 6.14. The number of aromatic hydroxyl groups is 1. The van der Waals surface area contributed by atoms with Crippen LogP contribution in [0, 0.1) is 32.6 Å². The molecule has 0 aliphatic heterocycles. The van der Waals surface area contributed by atoms with Crippen molar-refractivity contribution in [3.05, 3.63) is 94.0 Å². The minimum absolute atomic E-state index is 0.0220. The fraction of sp³-hybridized carbons (Fsp3) is 0.579. The van der Waals surface area contributed by atoms with Crippen molar-refractivity contribution in [3.8, 4) is 5.75 Å². The summed E-state index contributed by atoms with van der Waals surface area (Å²) in [6.45, 7) is 18.8. The van der Waals surface area contributed by atoms with E-state index in [-0.39, 0.29) is 48.7 Å². The highest BCUT2D eigenvalue weighted by atomic mass is 32.2. The molecule has 0 aromatic heterocycles. The molecular formula is C57H84N4O7S. The van der Waals surface area contributed by atoms with Gasteiger partial charge in [0.15, 0.2) is 0 Å². The fourth-order valence-electron chi connectivity index (χ4n) is 8.56. The number of aryl methyl sites for hydroxylation is 1. The maximum atomic E-state index is 14.1. The monoisotopic (exact) mass is 969 g/mol. The van der Waals surface area contributed by atoms with Gasteiger partial charge in [0, 0.05) is 18.5 Å². The van der Waals surface area contributed by atoms with E-state index in [1.165, 1.54) is 58.3 Å². The summed E-state index contributed by atoms with van der Waals surface area (Å²) in [5.41, 5.74) is 5.80. The van der Waals surface area contributed by atoms with E-state index in [2.05, 4.69) is 60.6 Å². The van der Waals surface area contributed by atoms with Crippen LogP contribution in [0.4, 0.5) is 5.69 Å². The lowest BCUT2D eigenvalue weighted by Gasteiger charge is -2.26. The second-order valence-electron chi connectivity index (χ2n) is 19.1. The third-order valence-electron chi connectivity index (χ3n) is 13.3. The number of phenols is 1. The van der Waals surface area contributed by atoms with Gasteiger partial charge in [-0.2, -0.15) is 0 Å². The number of esters is 1. The van der Waals surface area contributed by atoms with Crippen molar-refractivity contribution in [2.24, 2.45) is 16.8 Å². The lowest BCUT2D eigenvalue weighted by atomic mass is 9.92. The predicted molar refractivity (Wildman–Crippen MR) is 284 cm³/mol. The first-order chi connectivity index (χ1) is 33.1. The van der Waals surface area contributed by atoms with Crippen LogP contribution in [-0.4, -0.2) is 65.4 Å². The number of unbranched alkanes of at least 4 members (excludes halogenated alkanes) is 10. The molecule has 12 heteroatoms. The summed E-state index contributed by atoms with van der Waals surface area (Å²) in [6, 6.07) is 17.4. The number of aliphatic imine (C=N–C) groups is 1. The molecule has 0 saturated carbocycles. The maximum Gasteiger partial charge on any atom is 0.306 e. The van der Waals surface area contributed by atoms with Crippen molar-refractivity contribution < 1.29 is 33.8 Å². The van der Waals surface area contributed by atoms with Gasteiger partial charge in [0.05, 0.1) is 6.42 Å². The summed E-state index contributed by atoms with van der Waals surface area (Å²) >= 11 is 1.67. The van der Waals surface area contributed by atoms with E-state index in [4.69, 9.17) is 4.74 Å². The number of rotatable bonds is 33. The topological polar surface area (TPSA) is 163 Å². The van der Waals surface area contributed by atoms with E-state index in [0.717, 1.165) is 72.1 Å². The average molecular weight is 969 g/mol. The number of benzene rings is 3. The highest BCUT2D eigenvalue weighted by Gasteiger charge is 2.30. The number of hydrogen-bond donors (Lipinski definition) is 4. The van der Waals surface area contributed by atoms with Gasteiger partial charge in [0.1, 0.15) is 29.2 Å². The van der Waals surface area contributed by atoms with Crippen LogP contribution in [0.2, 0.25) is 0 Å². The normalized spacial score (nSPS) is 13.9. The van der Waals surface area contributed by atoms with Crippen molar-refractivity contribution in [2.75, 3.05) is 11.1 Å². The minimum Gasteiger partial charge on any atom is -0.507 e. The van der Waals surface area contributed by atoms with Crippen molar-refractivity contribution in [1.29, 1.82) is 0 Å². The lowest BCUT2D eigenvalue weighted by Crippen LogP contribution is -2.52. The SMILES string of the molecule is C=NC(=O)C(C)NC(=O)C(Cc1ccccc1)NC(=O)CC(OC(=O)CC(CC)Cc1ccc(C(SCCCCCCCCCCCC)C(=O)Nc2cc(C)c(O)c(C)c2C)cc1)C(C)CCCC. The number of nitrogens with one attached hydrogen (secondary N) is 3. The zero-order chi connectivity index (χ0) is 50.7. The molecule has 11 nitrogen and oxygen atoms in total. The Morgan fingerprint density at radius 1 is 0.725 bits per heavy atom. The van der Waals surface area contributed by atoms with E-state index >= 15 is 0 Å². The molecule has 69 heavy (non-hydrogen) atoms. The van der Waals surface area contributed by atoms with Gasteiger partial charge in [-0.15, -0.1) is 11.8 Å². The Bertz CT molecular complexity index is 2060. The largest absolute Gasteiger partial charge is 0.507 e. The van der Waals surface area contributed by atoms with Crippen LogP contribution in [0.5, 0.6) is 5.75 Å². The van der Waals surface area contributed by atoms with Crippen LogP contribution in [0.1, 0.15) is 176 Å². The highest BCUT2D eigenvalue weighted by molar-refractivity contribution is 8.00. The Labute approximate surface area is 418 Å². The van der Waals surface area contributed by atoms with Crippen LogP contribution in [0.25, 0.3) is 0 Å². The number of thioether (sulfide) groups is 1. The highest BCUT2D eigenvalue weighted by Crippen LogP contribution is 2.35. The maximum absolute atomic E-state index is 14.1. The van der Waals surface area contributed by atoms with E-state index < -0.39 is 41.2 Å².